The SMILES string of the molecule is CCOC(=O)COc1nc(C(C)C)nc2ccc(Br)cc12. The molecular weight excluding hydrogens is 336 g/mol. The third-order valence-electron chi connectivity index (χ3n) is 2.79. The third-order valence-corrected chi connectivity index (χ3v) is 3.28. The first-order chi connectivity index (χ1) is 10.0. The van der Waals surface area contributed by atoms with Gasteiger partial charge in [0.25, 0.3) is 0 Å². The third kappa shape index (κ3) is 3.91. The van der Waals surface area contributed by atoms with Crippen LogP contribution in [0.15, 0.2) is 22.7 Å². The molecule has 0 spiro atoms. The van der Waals surface area contributed by atoms with Crippen LogP contribution in [0.3, 0.4) is 0 Å². The minimum absolute atomic E-state index is 0.163. The van der Waals surface area contributed by atoms with Gasteiger partial charge in [-0.2, -0.15) is 4.98 Å². The van der Waals surface area contributed by atoms with Crippen LogP contribution in [0.4, 0.5) is 0 Å². The highest BCUT2D eigenvalue weighted by Gasteiger charge is 2.13. The average molecular weight is 353 g/mol. The summed E-state index contributed by atoms with van der Waals surface area (Å²) in [6.45, 7) is 5.94. The molecule has 0 N–H and O–H groups in total. The summed E-state index contributed by atoms with van der Waals surface area (Å²) in [4.78, 5) is 20.4. The van der Waals surface area contributed by atoms with Crippen LogP contribution in [-0.4, -0.2) is 29.2 Å². The van der Waals surface area contributed by atoms with Crippen LogP contribution in [0.5, 0.6) is 5.88 Å². The van der Waals surface area contributed by atoms with E-state index in [0.29, 0.717) is 18.3 Å². The Morgan fingerprint density at radius 3 is 2.76 bits per heavy atom. The van der Waals surface area contributed by atoms with Gasteiger partial charge in [-0.3, -0.25) is 0 Å². The molecule has 1 aromatic carbocycles. The number of aromatic nitrogens is 2. The molecule has 0 unspecified atom stereocenters. The summed E-state index contributed by atoms with van der Waals surface area (Å²) < 4.78 is 11.3. The lowest BCUT2D eigenvalue weighted by molar-refractivity contribution is -0.145. The van der Waals surface area contributed by atoms with E-state index < -0.39 is 5.97 Å². The summed E-state index contributed by atoms with van der Waals surface area (Å²) in [5.41, 5.74) is 0.788. The molecule has 0 aliphatic carbocycles. The molecule has 0 saturated heterocycles. The van der Waals surface area contributed by atoms with Crippen LogP contribution in [0.1, 0.15) is 32.5 Å². The Morgan fingerprint density at radius 1 is 1.33 bits per heavy atom. The Bertz CT molecular complexity index is 659. The van der Waals surface area contributed by atoms with Gasteiger partial charge in [-0.15, -0.1) is 0 Å². The number of esters is 1. The Hall–Kier alpha value is -1.69. The van der Waals surface area contributed by atoms with Crippen molar-refractivity contribution in [1.29, 1.82) is 0 Å². The molecule has 5 nitrogen and oxygen atoms in total. The lowest BCUT2D eigenvalue weighted by Crippen LogP contribution is -2.16. The summed E-state index contributed by atoms with van der Waals surface area (Å²) in [6.07, 6.45) is 0. The molecule has 0 radical (unpaired) electrons. The molecule has 0 aliphatic rings. The van der Waals surface area contributed by atoms with Crippen LogP contribution in [0.25, 0.3) is 10.9 Å². The van der Waals surface area contributed by atoms with Crippen molar-refractivity contribution in [3.8, 4) is 5.88 Å². The highest BCUT2D eigenvalue weighted by atomic mass is 79.9. The van der Waals surface area contributed by atoms with E-state index in [9.17, 15) is 4.79 Å². The van der Waals surface area contributed by atoms with Gasteiger partial charge in [-0.25, -0.2) is 9.78 Å². The van der Waals surface area contributed by atoms with Gasteiger partial charge in [0.05, 0.1) is 17.5 Å². The van der Waals surface area contributed by atoms with Crippen LogP contribution in [-0.2, 0) is 9.53 Å². The highest BCUT2D eigenvalue weighted by molar-refractivity contribution is 9.10. The molecular formula is C15H17BrN2O3. The van der Waals surface area contributed by atoms with Crippen molar-refractivity contribution in [3.05, 3.63) is 28.5 Å². The summed E-state index contributed by atoms with van der Waals surface area (Å²) >= 11 is 3.42. The van der Waals surface area contributed by atoms with Crippen molar-refractivity contribution in [3.63, 3.8) is 0 Å². The van der Waals surface area contributed by atoms with Crippen LogP contribution in [0, 0.1) is 0 Å². The Kier molecular flexibility index (Phi) is 5.12. The van der Waals surface area contributed by atoms with Gasteiger partial charge in [-0.05, 0) is 25.1 Å². The van der Waals surface area contributed by atoms with E-state index in [4.69, 9.17) is 9.47 Å². The molecule has 0 amide bonds. The molecule has 0 fully saturated rings. The second kappa shape index (κ2) is 6.85. The number of hydrogen-bond acceptors (Lipinski definition) is 5. The zero-order chi connectivity index (χ0) is 15.4. The van der Waals surface area contributed by atoms with Crippen molar-refractivity contribution >= 4 is 32.8 Å². The normalized spacial score (nSPS) is 10.9. The number of carbonyl (C=O) groups is 1. The van der Waals surface area contributed by atoms with E-state index >= 15 is 0 Å². The summed E-state index contributed by atoms with van der Waals surface area (Å²) in [5.74, 6) is 0.843. The molecule has 112 valence electrons. The second-order valence-electron chi connectivity index (χ2n) is 4.80. The van der Waals surface area contributed by atoms with Gasteiger partial charge < -0.3 is 9.47 Å². The van der Waals surface area contributed by atoms with Crippen molar-refractivity contribution in [2.24, 2.45) is 0 Å². The summed E-state index contributed by atoms with van der Waals surface area (Å²) in [6, 6.07) is 5.68. The number of carbonyl (C=O) groups excluding carboxylic acids is 1. The van der Waals surface area contributed by atoms with Crippen molar-refractivity contribution in [2.75, 3.05) is 13.2 Å². The first kappa shape index (κ1) is 15.7. The van der Waals surface area contributed by atoms with E-state index in [2.05, 4.69) is 25.9 Å². The molecule has 0 saturated carbocycles. The fraction of sp³-hybridized carbons (Fsp3) is 0.400. The van der Waals surface area contributed by atoms with Crippen LogP contribution in [0.2, 0.25) is 0 Å². The Balaban J connectivity index is 2.38. The average Bonchev–Trinajstić information content (AvgIpc) is 2.44. The minimum atomic E-state index is -0.412. The Labute approximate surface area is 131 Å². The molecule has 6 heteroatoms. The molecule has 0 bridgehead atoms. The fourth-order valence-electron chi connectivity index (χ4n) is 1.79. The van der Waals surface area contributed by atoms with E-state index in [0.717, 1.165) is 15.4 Å². The summed E-state index contributed by atoms with van der Waals surface area (Å²) in [7, 11) is 0. The largest absolute Gasteiger partial charge is 0.465 e. The maximum atomic E-state index is 11.4. The lowest BCUT2D eigenvalue weighted by atomic mass is 10.2. The van der Waals surface area contributed by atoms with Gasteiger partial charge in [0.1, 0.15) is 5.82 Å². The van der Waals surface area contributed by atoms with Crippen LogP contribution >= 0.6 is 15.9 Å². The molecule has 2 rings (SSSR count). The Morgan fingerprint density at radius 2 is 2.10 bits per heavy atom. The lowest BCUT2D eigenvalue weighted by Gasteiger charge is -2.11. The van der Waals surface area contributed by atoms with Gasteiger partial charge in [0.2, 0.25) is 5.88 Å². The maximum Gasteiger partial charge on any atom is 0.344 e. The van der Waals surface area contributed by atoms with Crippen molar-refractivity contribution in [2.45, 2.75) is 26.7 Å². The molecule has 2 aromatic rings. The highest BCUT2D eigenvalue weighted by Crippen LogP contribution is 2.27. The van der Waals surface area contributed by atoms with E-state index in [1.165, 1.54) is 0 Å². The second-order valence-corrected chi connectivity index (χ2v) is 5.71. The van der Waals surface area contributed by atoms with Crippen molar-refractivity contribution in [1.82, 2.24) is 9.97 Å². The summed E-state index contributed by atoms with van der Waals surface area (Å²) in [5, 5.41) is 0.762. The number of hydrogen-bond donors (Lipinski definition) is 0. The van der Waals surface area contributed by atoms with Gasteiger partial charge >= 0.3 is 5.97 Å². The first-order valence-electron chi connectivity index (χ1n) is 6.77. The minimum Gasteiger partial charge on any atom is -0.465 e. The number of ether oxygens (including phenoxy) is 2. The van der Waals surface area contributed by atoms with E-state index in [1.54, 1.807) is 6.92 Å². The predicted molar refractivity (Wildman–Crippen MR) is 83.5 cm³/mol. The van der Waals surface area contributed by atoms with Gasteiger partial charge in [-0.1, -0.05) is 29.8 Å². The van der Waals surface area contributed by atoms with E-state index in [-0.39, 0.29) is 12.5 Å². The van der Waals surface area contributed by atoms with Crippen LogP contribution < -0.4 is 4.74 Å². The number of benzene rings is 1. The molecule has 21 heavy (non-hydrogen) atoms. The fourth-order valence-corrected chi connectivity index (χ4v) is 2.15. The first-order valence-corrected chi connectivity index (χ1v) is 7.56. The zero-order valence-corrected chi connectivity index (χ0v) is 13.8. The molecule has 1 heterocycles. The monoisotopic (exact) mass is 352 g/mol. The van der Waals surface area contributed by atoms with Crippen molar-refractivity contribution < 1.29 is 14.3 Å². The maximum absolute atomic E-state index is 11.4. The smallest absolute Gasteiger partial charge is 0.344 e. The number of halogens is 1. The topological polar surface area (TPSA) is 61.3 Å². The zero-order valence-electron chi connectivity index (χ0n) is 12.2. The number of fused-ring (bicyclic) bond motifs is 1. The number of nitrogens with zero attached hydrogens (tertiary/aromatic N) is 2. The molecule has 0 aliphatic heterocycles. The molecule has 0 atom stereocenters. The van der Waals surface area contributed by atoms with Gasteiger partial charge in [0.15, 0.2) is 6.61 Å². The van der Waals surface area contributed by atoms with E-state index in [1.807, 2.05) is 32.0 Å². The number of rotatable bonds is 5. The molecule has 1 aromatic heterocycles. The standard InChI is InChI=1S/C15H17BrN2O3/c1-4-20-13(19)8-21-15-11-7-10(16)5-6-12(11)17-14(18-15)9(2)3/h5-7,9H,4,8H2,1-3H3. The van der Waals surface area contributed by atoms with Gasteiger partial charge in [0, 0.05) is 10.4 Å². The predicted octanol–water partition coefficient (Wildman–Crippen LogP) is 3.46. The quantitative estimate of drug-likeness (QED) is 0.771.